The lowest BCUT2D eigenvalue weighted by atomic mass is 10.2. The molecule has 36 valence electrons. The van der Waals surface area contributed by atoms with Crippen molar-refractivity contribution in [3.05, 3.63) is 17.6 Å². The van der Waals surface area contributed by atoms with E-state index in [1.165, 1.54) is 6.42 Å². The Hall–Kier alpha value is -0.680. The third-order valence-electron chi connectivity index (χ3n) is 1.38. The smallest absolute Gasteiger partial charge is 0.139 e. The Morgan fingerprint density at radius 2 is 2.86 bits per heavy atom. The second kappa shape index (κ2) is 0.932. The van der Waals surface area contributed by atoms with Crippen molar-refractivity contribution in [3.8, 4) is 0 Å². The van der Waals surface area contributed by atoms with Crippen LogP contribution >= 0.6 is 0 Å². The van der Waals surface area contributed by atoms with Crippen molar-refractivity contribution in [3.63, 3.8) is 0 Å². The van der Waals surface area contributed by atoms with Gasteiger partial charge in [0.15, 0.2) is 0 Å². The van der Waals surface area contributed by atoms with Gasteiger partial charge in [0.2, 0.25) is 0 Å². The van der Waals surface area contributed by atoms with E-state index in [4.69, 9.17) is 4.74 Å². The van der Waals surface area contributed by atoms with Gasteiger partial charge in [-0.15, -0.1) is 0 Å². The highest BCUT2D eigenvalue weighted by Gasteiger charge is 2.21. The molecule has 7 heavy (non-hydrogen) atoms. The van der Waals surface area contributed by atoms with Crippen LogP contribution in [0.5, 0.6) is 0 Å². The first-order chi connectivity index (χ1) is 3.45. The van der Waals surface area contributed by atoms with Crippen LogP contribution in [0.4, 0.5) is 0 Å². The van der Waals surface area contributed by atoms with Crippen LogP contribution in [0.15, 0.2) is 17.6 Å². The van der Waals surface area contributed by atoms with Crippen LogP contribution in [0, 0.1) is 0 Å². The average molecular weight is 94.1 g/mol. The molecular formula is C6H6O. The lowest BCUT2D eigenvalue weighted by Crippen LogP contribution is -1.93. The van der Waals surface area contributed by atoms with Crippen LogP contribution < -0.4 is 0 Å². The van der Waals surface area contributed by atoms with E-state index in [9.17, 15) is 0 Å². The summed E-state index contributed by atoms with van der Waals surface area (Å²) in [5, 5.41) is 0. The number of rotatable bonds is 0. The van der Waals surface area contributed by atoms with Crippen molar-refractivity contribution < 1.29 is 4.74 Å². The Balaban J connectivity index is 2.46. The summed E-state index contributed by atoms with van der Waals surface area (Å²) in [6.45, 7) is 0. The first-order valence-corrected chi connectivity index (χ1v) is 2.57. The van der Waals surface area contributed by atoms with E-state index in [1.807, 2.05) is 6.08 Å². The second-order valence-corrected chi connectivity index (χ2v) is 1.93. The Bertz CT molecular complexity index is 148. The molecule has 1 atom stereocenters. The van der Waals surface area contributed by atoms with Gasteiger partial charge in [-0.2, -0.15) is 0 Å². The molecule has 0 aromatic rings. The van der Waals surface area contributed by atoms with Crippen molar-refractivity contribution in [2.45, 2.75) is 18.9 Å². The van der Waals surface area contributed by atoms with Gasteiger partial charge in [0.1, 0.15) is 11.9 Å². The zero-order chi connectivity index (χ0) is 4.69. The van der Waals surface area contributed by atoms with Crippen LogP contribution in [-0.2, 0) is 4.74 Å². The largest absolute Gasteiger partial charge is 0.482 e. The molecule has 2 bridgehead atoms. The monoisotopic (exact) mass is 94.0 g/mol. The quantitative estimate of drug-likeness (QED) is 0.410. The summed E-state index contributed by atoms with van der Waals surface area (Å²) in [6, 6.07) is 0. The van der Waals surface area contributed by atoms with Crippen molar-refractivity contribution in [1.82, 2.24) is 0 Å². The van der Waals surface area contributed by atoms with Gasteiger partial charge >= 0.3 is 0 Å². The van der Waals surface area contributed by atoms with E-state index < -0.39 is 0 Å². The summed E-state index contributed by atoms with van der Waals surface area (Å²) < 4.78 is 5.22. The molecule has 1 saturated heterocycles. The summed E-state index contributed by atoms with van der Waals surface area (Å²) in [4.78, 5) is 0. The number of ether oxygens (including phenoxy) is 1. The molecule has 2 rings (SSSR count). The van der Waals surface area contributed by atoms with E-state index in [-0.39, 0.29) is 0 Å². The molecule has 1 heteroatoms. The molecule has 1 unspecified atom stereocenters. The van der Waals surface area contributed by atoms with E-state index in [2.05, 4.69) is 5.73 Å². The summed E-state index contributed by atoms with van der Waals surface area (Å²) in [7, 11) is 0. The Morgan fingerprint density at radius 1 is 1.86 bits per heavy atom. The molecule has 0 spiro atoms. The van der Waals surface area contributed by atoms with Gasteiger partial charge in [-0.05, 0) is 6.42 Å². The molecule has 2 aliphatic heterocycles. The molecule has 0 aromatic carbocycles. The Labute approximate surface area is 42.3 Å². The van der Waals surface area contributed by atoms with Gasteiger partial charge < -0.3 is 4.74 Å². The normalized spacial score (nSPS) is 33.1. The predicted octanol–water partition coefficient (Wildman–Crippen LogP) is 1.22. The van der Waals surface area contributed by atoms with Crippen LogP contribution in [-0.4, -0.2) is 6.10 Å². The molecule has 0 amide bonds. The van der Waals surface area contributed by atoms with Gasteiger partial charge in [-0.25, -0.2) is 0 Å². The van der Waals surface area contributed by atoms with Crippen LogP contribution in [0.3, 0.4) is 0 Å². The Kier molecular flexibility index (Phi) is 0.445. The van der Waals surface area contributed by atoms with E-state index in [0.29, 0.717) is 6.10 Å². The predicted molar refractivity (Wildman–Crippen MR) is 25.7 cm³/mol. The molecule has 2 aliphatic rings. The molecule has 0 N–H and O–H groups in total. The summed E-state index contributed by atoms with van der Waals surface area (Å²) in [6.07, 6.45) is 4.69. The Morgan fingerprint density at radius 3 is 3.00 bits per heavy atom. The zero-order valence-electron chi connectivity index (χ0n) is 3.98. The highest BCUT2D eigenvalue weighted by atomic mass is 16.5. The van der Waals surface area contributed by atoms with Crippen molar-refractivity contribution in [2.75, 3.05) is 0 Å². The van der Waals surface area contributed by atoms with Gasteiger partial charge in [0.05, 0.1) is 0 Å². The summed E-state index contributed by atoms with van der Waals surface area (Å²) in [5.41, 5.74) is 3.03. The first kappa shape index (κ1) is 3.34. The maximum Gasteiger partial charge on any atom is 0.139 e. The number of hydrogen-bond acceptors (Lipinski definition) is 1. The molecule has 0 aromatic heterocycles. The fourth-order valence-electron chi connectivity index (χ4n) is 0.983. The maximum atomic E-state index is 5.22. The fourth-order valence-corrected chi connectivity index (χ4v) is 0.983. The highest BCUT2D eigenvalue weighted by Crippen LogP contribution is 2.26. The minimum absolute atomic E-state index is 0.398. The van der Waals surface area contributed by atoms with Crippen molar-refractivity contribution in [1.29, 1.82) is 0 Å². The van der Waals surface area contributed by atoms with Crippen LogP contribution in [0.2, 0.25) is 0 Å². The molecule has 1 nitrogen and oxygen atoms in total. The lowest BCUT2D eigenvalue weighted by Gasteiger charge is -1.94. The molecule has 0 aliphatic carbocycles. The minimum Gasteiger partial charge on any atom is -0.482 e. The van der Waals surface area contributed by atoms with Gasteiger partial charge in [0, 0.05) is 12.5 Å². The number of fused-ring (bicyclic) bond motifs is 2. The highest BCUT2D eigenvalue weighted by molar-refractivity contribution is 5.11. The maximum absolute atomic E-state index is 5.22. The third-order valence-corrected chi connectivity index (χ3v) is 1.38. The standard InChI is InChI=1S/C6H6O/c1-2-6-4-3-5(1)7-6/h1,5H,3-4H2. The zero-order valence-corrected chi connectivity index (χ0v) is 3.98. The topological polar surface area (TPSA) is 9.23 Å². The summed E-state index contributed by atoms with van der Waals surface area (Å²) in [5.74, 6) is 1.06. The van der Waals surface area contributed by atoms with Crippen molar-refractivity contribution in [2.24, 2.45) is 0 Å². The second-order valence-electron chi connectivity index (χ2n) is 1.93. The lowest BCUT2D eigenvalue weighted by molar-refractivity contribution is 0.214. The number of hydrogen-bond donors (Lipinski definition) is 0. The molecule has 1 fully saturated rings. The summed E-state index contributed by atoms with van der Waals surface area (Å²) >= 11 is 0. The van der Waals surface area contributed by atoms with Crippen molar-refractivity contribution >= 4 is 0 Å². The molecule has 2 heterocycles. The van der Waals surface area contributed by atoms with E-state index >= 15 is 0 Å². The van der Waals surface area contributed by atoms with Gasteiger partial charge in [-0.3, -0.25) is 0 Å². The molecule has 0 radical (unpaired) electrons. The van der Waals surface area contributed by atoms with E-state index in [0.717, 1.165) is 12.2 Å². The average Bonchev–Trinajstić information content (AvgIpc) is 2.22. The van der Waals surface area contributed by atoms with Crippen LogP contribution in [0.25, 0.3) is 0 Å². The first-order valence-electron chi connectivity index (χ1n) is 2.57. The molecule has 0 saturated carbocycles. The third kappa shape index (κ3) is 0.331. The van der Waals surface area contributed by atoms with E-state index in [1.54, 1.807) is 0 Å². The minimum atomic E-state index is 0.398. The van der Waals surface area contributed by atoms with Gasteiger partial charge in [-0.1, -0.05) is 5.73 Å². The SMILES string of the molecule is C1=CC2CCC=1O2. The van der Waals surface area contributed by atoms with Gasteiger partial charge in [0.25, 0.3) is 0 Å². The molecular weight excluding hydrogens is 88.1 g/mol. The van der Waals surface area contributed by atoms with Crippen LogP contribution in [0.1, 0.15) is 12.8 Å². The fraction of sp³-hybridized carbons (Fsp3) is 0.500.